The molecule has 0 heterocycles. The zero-order valence-electron chi connectivity index (χ0n) is 9.10. The maximum atomic E-state index is 11.7. The van der Waals surface area contributed by atoms with Crippen LogP contribution in [0.3, 0.4) is 0 Å². The number of ether oxygens (including phenoxy) is 2. The molecule has 0 bridgehead atoms. The molecule has 0 fully saturated rings. The SMILES string of the molecule is Cc1cccc(C)c1OCCOC(F)(F)F. The molecular formula is C11H13F3O2. The van der Waals surface area contributed by atoms with Gasteiger partial charge in [0.15, 0.2) is 0 Å². The number of halogens is 3. The average molecular weight is 234 g/mol. The molecule has 1 rings (SSSR count). The van der Waals surface area contributed by atoms with E-state index in [0.717, 1.165) is 11.1 Å². The predicted molar refractivity (Wildman–Crippen MR) is 53.4 cm³/mol. The quantitative estimate of drug-likeness (QED) is 0.745. The number of hydrogen-bond donors (Lipinski definition) is 0. The second-order valence-electron chi connectivity index (χ2n) is 3.36. The van der Waals surface area contributed by atoms with Crippen molar-refractivity contribution in [2.45, 2.75) is 20.2 Å². The fourth-order valence-electron chi connectivity index (χ4n) is 1.33. The summed E-state index contributed by atoms with van der Waals surface area (Å²) < 4.78 is 43.8. The van der Waals surface area contributed by atoms with E-state index in [0.29, 0.717) is 5.75 Å². The minimum Gasteiger partial charge on any atom is -0.491 e. The van der Waals surface area contributed by atoms with Gasteiger partial charge in [0.05, 0.1) is 6.61 Å². The molecule has 0 unspecified atom stereocenters. The Hall–Kier alpha value is -1.23. The van der Waals surface area contributed by atoms with Gasteiger partial charge in [-0.1, -0.05) is 18.2 Å². The van der Waals surface area contributed by atoms with Crippen LogP contribution in [0.1, 0.15) is 11.1 Å². The van der Waals surface area contributed by atoms with Crippen LogP contribution in [0.5, 0.6) is 5.75 Å². The van der Waals surface area contributed by atoms with Crippen molar-refractivity contribution in [3.05, 3.63) is 29.3 Å². The van der Waals surface area contributed by atoms with E-state index in [1.54, 1.807) is 0 Å². The van der Waals surface area contributed by atoms with Gasteiger partial charge in [0.25, 0.3) is 0 Å². The van der Waals surface area contributed by atoms with Crippen LogP contribution in [-0.4, -0.2) is 19.6 Å². The van der Waals surface area contributed by atoms with Crippen LogP contribution in [0.25, 0.3) is 0 Å². The third-order valence-electron chi connectivity index (χ3n) is 2.00. The summed E-state index contributed by atoms with van der Waals surface area (Å²) in [7, 11) is 0. The van der Waals surface area contributed by atoms with E-state index in [2.05, 4.69) is 4.74 Å². The highest BCUT2D eigenvalue weighted by Gasteiger charge is 2.28. The van der Waals surface area contributed by atoms with Crippen LogP contribution >= 0.6 is 0 Å². The Morgan fingerprint density at radius 1 is 1.06 bits per heavy atom. The molecule has 0 saturated heterocycles. The highest BCUT2D eigenvalue weighted by molar-refractivity contribution is 5.39. The van der Waals surface area contributed by atoms with Gasteiger partial charge in [0, 0.05) is 0 Å². The Bertz CT molecular complexity index is 327. The van der Waals surface area contributed by atoms with Crippen molar-refractivity contribution in [2.24, 2.45) is 0 Å². The van der Waals surface area contributed by atoms with Crippen LogP contribution in [-0.2, 0) is 4.74 Å². The smallest absolute Gasteiger partial charge is 0.491 e. The first-order valence-corrected chi connectivity index (χ1v) is 4.80. The largest absolute Gasteiger partial charge is 0.522 e. The molecule has 90 valence electrons. The fraction of sp³-hybridized carbons (Fsp3) is 0.455. The number of benzene rings is 1. The van der Waals surface area contributed by atoms with Crippen molar-refractivity contribution in [1.29, 1.82) is 0 Å². The lowest BCUT2D eigenvalue weighted by atomic mass is 10.1. The Balaban J connectivity index is 2.43. The lowest BCUT2D eigenvalue weighted by molar-refractivity contribution is -0.325. The summed E-state index contributed by atoms with van der Waals surface area (Å²) >= 11 is 0. The molecule has 0 aromatic heterocycles. The fourth-order valence-corrected chi connectivity index (χ4v) is 1.33. The topological polar surface area (TPSA) is 18.5 Å². The van der Waals surface area contributed by atoms with Gasteiger partial charge in [-0.15, -0.1) is 13.2 Å². The molecule has 0 atom stereocenters. The van der Waals surface area contributed by atoms with Crippen molar-refractivity contribution >= 4 is 0 Å². The van der Waals surface area contributed by atoms with E-state index >= 15 is 0 Å². The molecule has 0 spiro atoms. The van der Waals surface area contributed by atoms with E-state index in [1.807, 2.05) is 32.0 Å². The Kier molecular flexibility index (Phi) is 4.18. The van der Waals surface area contributed by atoms with E-state index in [1.165, 1.54) is 0 Å². The number of alkyl halides is 3. The van der Waals surface area contributed by atoms with Crippen molar-refractivity contribution in [3.8, 4) is 5.75 Å². The second-order valence-corrected chi connectivity index (χ2v) is 3.36. The zero-order valence-corrected chi connectivity index (χ0v) is 9.10. The lowest BCUT2D eigenvalue weighted by Gasteiger charge is -2.12. The van der Waals surface area contributed by atoms with Crippen LogP contribution in [0, 0.1) is 13.8 Å². The lowest BCUT2D eigenvalue weighted by Crippen LogP contribution is -2.18. The van der Waals surface area contributed by atoms with Gasteiger partial charge in [0.2, 0.25) is 0 Å². The Labute approximate surface area is 92.0 Å². The average Bonchev–Trinajstić information content (AvgIpc) is 2.14. The molecule has 2 nitrogen and oxygen atoms in total. The molecule has 0 aliphatic rings. The summed E-state index contributed by atoms with van der Waals surface area (Å²) in [6.45, 7) is 3.06. The summed E-state index contributed by atoms with van der Waals surface area (Å²) in [5.74, 6) is 0.619. The summed E-state index contributed by atoms with van der Waals surface area (Å²) in [6, 6.07) is 5.55. The first-order valence-electron chi connectivity index (χ1n) is 4.80. The molecule has 0 aliphatic heterocycles. The van der Waals surface area contributed by atoms with Gasteiger partial charge in [-0.05, 0) is 25.0 Å². The molecule has 16 heavy (non-hydrogen) atoms. The van der Waals surface area contributed by atoms with E-state index in [9.17, 15) is 13.2 Å². The van der Waals surface area contributed by atoms with Crippen LogP contribution in [0.15, 0.2) is 18.2 Å². The first kappa shape index (κ1) is 12.8. The van der Waals surface area contributed by atoms with E-state index in [4.69, 9.17) is 4.74 Å². The second kappa shape index (κ2) is 5.21. The predicted octanol–water partition coefficient (Wildman–Crippen LogP) is 3.22. The van der Waals surface area contributed by atoms with Gasteiger partial charge in [-0.25, -0.2) is 0 Å². The van der Waals surface area contributed by atoms with Gasteiger partial charge >= 0.3 is 6.36 Å². The molecule has 5 heteroatoms. The van der Waals surface area contributed by atoms with Crippen molar-refractivity contribution in [2.75, 3.05) is 13.2 Å². The Morgan fingerprint density at radius 2 is 1.62 bits per heavy atom. The molecule has 0 radical (unpaired) electrons. The number of hydrogen-bond acceptors (Lipinski definition) is 2. The highest BCUT2D eigenvalue weighted by atomic mass is 19.4. The summed E-state index contributed by atoms with van der Waals surface area (Å²) in [5.41, 5.74) is 1.79. The monoisotopic (exact) mass is 234 g/mol. The molecule has 1 aromatic carbocycles. The van der Waals surface area contributed by atoms with Crippen LogP contribution in [0.4, 0.5) is 13.2 Å². The maximum Gasteiger partial charge on any atom is 0.522 e. The molecule has 0 saturated carbocycles. The third-order valence-corrected chi connectivity index (χ3v) is 2.00. The van der Waals surface area contributed by atoms with Gasteiger partial charge in [0.1, 0.15) is 12.4 Å². The van der Waals surface area contributed by atoms with E-state index in [-0.39, 0.29) is 6.61 Å². The molecule has 0 N–H and O–H groups in total. The number of rotatable bonds is 4. The number of aryl methyl sites for hydroxylation is 2. The minimum absolute atomic E-state index is 0.120. The number of para-hydroxylation sites is 1. The van der Waals surface area contributed by atoms with Gasteiger partial charge in [-0.2, -0.15) is 0 Å². The van der Waals surface area contributed by atoms with E-state index < -0.39 is 13.0 Å². The standard InChI is InChI=1S/C11H13F3O2/c1-8-4-3-5-9(2)10(8)15-6-7-16-11(12,13)14/h3-5H,6-7H2,1-2H3. The summed E-state index contributed by atoms with van der Waals surface area (Å²) in [6.07, 6.45) is -4.59. The minimum atomic E-state index is -4.59. The molecular weight excluding hydrogens is 221 g/mol. The molecule has 0 amide bonds. The summed E-state index contributed by atoms with van der Waals surface area (Å²) in [4.78, 5) is 0. The van der Waals surface area contributed by atoms with Crippen LogP contribution < -0.4 is 4.74 Å². The van der Waals surface area contributed by atoms with Crippen LogP contribution in [0.2, 0.25) is 0 Å². The summed E-state index contributed by atoms with van der Waals surface area (Å²) in [5, 5.41) is 0. The van der Waals surface area contributed by atoms with Gasteiger partial charge in [-0.3, -0.25) is 4.74 Å². The Morgan fingerprint density at radius 3 is 2.12 bits per heavy atom. The van der Waals surface area contributed by atoms with Crippen molar-refractivity contribution < 1.29 is 22.6 Å². The van der Waals surface area contributed by atoms with Crippen molar-refractivity contribution in [3.63, 3.8) is 0 Å². The first-order chi connectivity index (χ1) is 7.40. The van der Waals surface area contributed by atoms with Gasteiger partial charge < -0.3 is 4.74 Å². The van der Waals surface area contributed by atoms with Crippen molar-refractivity contribution in [1.82, 2.24) is 0 Å². The highest BCUT2D eigenvalue weighted by Crippen LogP contribution is 2.22. The third kappa shape index (κ3) is 4.10. The maximum absolute atomic E-state index is 11.7. The molecule has 0 aliphatic carbocycles. The normalized spacial score (nSPS) is 11.6. The zero-order chi connectivity index (χ0) is 12.2. The molecule has 1 aromatic rings.